The van der Waals surface area contributed by atoms with E-state index >= 15 is 0 Å². The number of aromatic nitrogens is 1. The van der Waals surface area contributed by atoms with Gasteiger partial charge in [-0.05, 0) is 42.8 Å². The number of anilines is 2. The van der Waals surface area contributed by atoms with Crippen LogP contribution in [-0.2, 0) is 9.84 Å². The molecular weight excluding hydrogens is 362 g/mol. The number of amides is 1. The molecule has 25 heavy (non-hydrogen) atoms. The van der Waals surface area contributed by atoms with E-state index in [4.69, 9.17) is 11.6 Å². The summed E-state index contributed by atoms with van der Waals surface area (Å²) in [4.78, 5) is 18.2. The van der Waals surface area contributed by atoms with E-state index in [2.05, 4.69) is 10.3 Å². The highest BCUT2D eigenvalue weighted by molar-refractivity contribution is 7.91. The molecule has 3 rings (SSSR count). The van der Waals surface area contributed by atoms with Crippen LogP contribution < -0.4 is 5.32 Å². The van der Waals surface area contributed by atoms with Crippen LogP contribution in [0.4, 0.5) is 11.5 Å². The zero-order valence-corrected chi connectivity index (χ0v) is 15.2. The number of hydrogen-bond donors (Lipinski definition) is 1. The second-order valence-corrected chi connectivity index (χ2v) is 8.70. The summed E-state index contributed by atoms with van der Waals surface area (Å²) in [5, 5.41) is 3.77. The Hall–Kier alpha value is -2.12. The number of sulfone groups is 1. The van der Waals surface area contributed by atoms with Gasteiger partial charge in [-0.2, -0.15) is 0 Å². The molecule has 0 saturated carbocycles. The average Bonchev–Trinajstić information content (AvgIpc) is 2.96. The number of pyridine rings is 1. The molecule has 1 aromatic heterocycles. The lowest BCUT2D eigenvalue weighted by Gasteiger charge is -2.23. The quantitative estimate of drug-likeness (QED) is 0.883. The minimum Gasteiger partial charge on any atom is -0.340 e. The Bertz CT molecular complexity index is 867. The molecule has 1 N–H and O–H groups in total. The smallest absolute Gasteiger partial charge is 0.255 e. The van der Waals surface area contributed by atoms with E-state index in [9.17, 15) is 13.2 Å². The number of halogens is 1. The zero-order chi connectivity index (χ0) is 18.0. The number of carbonyl (C=O) groups is 1. The molecular formula is C17H18ClN3O3S. The first-order valence-corrected chi connectivity index (χ1v) is 10.0. The van der Waals surface area contributed by atoms with Crippen molar-refractivity contribution < 1.29 is 13.2 Å². The van der Waals surface area contributed by atoms with Gasteiger partial charge in [0.2, 0.25) is 0 Å². The van der Waals surface area contributed by atoms with Crippen molar-refractivity contribution in [1.82, 2.24) is 9.88 Å². The predicted octanol–water partition coefficient (Wildman–Crippen LogP) is 2.74. The van der Waals surface area contributed by atoms with Gasteiger partial charge in [-0.15, -0.1) is 0 Å². The number of rotatable bonds is 4. The van der Waals surface area contributed by atoms with Gasteiger partial charge in [-0.3, -0.25) is 4.79 Å². The van der Waals surface area contributed by atoms with E-state index in [1.165, 1.54) is 11.1 Å². The molecule has 0 aliphatic carbocycles. The van der Waals surface area contributed by atoms with Gasteiger partial charge in [0.05, 0.1) is 17.1 Å². The minimum absolute atomic E-state index is 0.0267. The minimum atomic E-state index is -3.03. The Morgan fingerprint density at radius 3 is 2.52 bits per heavy atom. The Balaban J connectivity index is 1.67. The van der Waals surface area contributed by atoms with Gasteiger partial charge in [-0.25, -0.2) is 13.4 Å². The summed E-state index contributed by atoms with van der Waals surface area (Å²) >= 11 is 5.85. The lowest BCUT2D eigenvalue weighted by atomic mass is 10.2. The van der Waals surface area contributed by atoms with Crippen molar-refractivity contribution in [3.8, 4) is 0 Å². The lowest BCUT2D eigenvalue weighted by molar-refractivity contribution is 0.0747. The first kappa shape index (κ1) is 17.7. The van der Waals surface area contributed by atoms with E-state index in [-0.39, 0.29) is 23.5 Å². The van der Waals surface area contributed by atoms with Crippen LogP contribution in [-0.4, -0.2) is 48.8 Å². The fraction of sp³-hybridized carbons (Fsp3) is 0.294. The number of hydrogen-bond acceptors (Lipinski definition) is 5. The van der Waals surface area contributed by atoms with Crippen LogP contribution in [0.5, 0.6) is 0 Å². The second kappa shape index (κ2) is 7.01. The molecule has 1 aliphatic rings. The number of benzene rings is 1. The highest BCUT2D eigenvalue weighted by Crippen LogP contribution is 2.20. The molecule has 8 heteroatoms. The summed E-state index contributed by atoms with van der Waals surface area (Å²) in [6, 6.07) is 10.3. The van der Waals surface area contributed by atoms with Crippen LogP contribution in [0.3, 0.4) is 0 Å². The monoisotopic (exact) mass is 379 g/mol. The summed E-state index contributed by atoms with van der Waals surface area (Å²) < 4.78 is 23.2. The van der Waals surface area contributed by atoms with Crippen LogP contribution in [0, 0.1) is 0 Å². The van der Waals surface area contributed by atoms with Crippen LogP contribution in [0.1, 0.15) is 16.8 Å². The Morgan fingerprint density at radius 2 is 1.96 bits per heavy atom. The molecule has 1 amide bonds. The molecule has 2 heterocycles. The van der Waals surface area contributed by atoms with Crippen molar-refractivity contribution in [1.29, 1.82) is 0 Å². The van der Waals surface area contributed by atoms with E-state index < -0.39 is 9.84 Å². The third-order valence-electron chi connectivity index (χ3n) is 4.20. The maximum atomic E-state index is 12.5. The molecule has 1 saturated heterocycles. The highest BCUT2D eigenvalue weighted by atomic mass is 35.5. The maximum absolute atomic E-state index is 12.5. The van der Waals surface area contributed by atoms with Crippen LogP contribution in [0.25, 0.3) is 0 Å². The lowest BCUT2D eigenvalue weighted by Crippen LogP contribution is -2.37. The average molecular weight is 380 g/mol. The molecule has 0 bridgehead atoms. The maximum Gasteiger partial charge on any atom is 0.255 e. The van der Waals surface area contributed by atoms with Crippen molar-refractivity contribution in [3.05, 3.63) is 53.2 Å². The van der Waals surface area contributed by atoms with Gasteiger partial charge in [0, 0.05) is 30.0 Å². The van der Waals surface area contributed by atoms with Crippen LogP contribution in [0.15, 0.2) is 42.6 Å². The molecule has 0 radical (unpaired) electrons. The van der Waals surface area contributed by atoms with E-state index in [0.717, 1.165) is 5.69 Å². The van der Waals surface area contributed by atoms with Gasteiger partial charge in [0.25, 0.3) is 5.91 Å². The van der Waals surface area contributed by atoms with E-state index in [1.54, 1.807) is 31.3 Å². The molecule has 132 valence electrons. The number of nitrogens with one attached hydrogen (secondary N) is 1. The predicted molar refractivity (Wildman–Crippen MR) is 98.1 cm³/mol. The van der Waals surface area contributed by atoms with Crippen molar-refractivity contribution in [2.75, 3.05) is 23.9 Å². The van der Waals surface area contributed by atoms with Crippen molar-refractivity contribution in [2.24, 2.45) is 0 Å². The third kappa shape index (κ3) is 4.29. The molecule has 1 fully saturated rings. The molecule has 2 aromatic rings. The second-order valence-electron chi connectivity index (χ2n) is 6.04. The highest BCUT2D eigenvalue weighted by Gasteiger charge is 2.33. The normalized spacial score (nSPS) is 18.7. The number of nitrogens with zero attached hydrogens (tertiary/aromatic N) is 2. The first-order chi connectivity index (χ1) is 11.8. The number of carbonyl (C=O) groups excluding carboxylic acids is 1. The molecule has 1 unspecified atom stereocenters. The fourth-order valence-corrected chi connectivity index (χ4v) is 4.63. The van der Waals surface area contributed by atoms with E-state index in [0.29, 0.717) is 22.8 Å². The molecule has 0 spiro atoms. The Labute approximate surface area is 151 Å². The third-order valence-corrected chi connectivity index (χ3v) is 6.21. The van der Waals surface area contributed by atoms with Crippen molar-refractivity contribution in [2.45, 2.75) is 12.5 Å². The Morgan fingerprint density at radius 1 is 1.24 bits per heavy atom. The van der Waals surface area contributed by atoms with Crippen molar-refractivity contribution >= 4 is 38.9 Å². The molecule has 6 nitrogen and oxygen atoms in total. The molecule has 1 aromatic carbocycles. The van der Waals surface area contributed by atoms with Gasteiger partial charge >= 0.3 is 0 Å². The summed E-state index contributed by atoms with van der Waals surface area (Å²) in [6.45, 7) is 0. The van der Waals surface area contributed by atoms with Crippen LogP contribution in [0.2, 0.25) is 5.02 Å². The molecule has 1 atom stereocenters. The topological polar surface area (TPSA) is 79.4 Å². The zero-order valence-electron chi connectivity index (χ0n) is 13.6. The van der Waals surface area contributed by atoms with Crippen molar-refractivity contribution in [3.63, 3.8) is 0 Å². The first-order valence-electron chi connectivity index (χ1n) is 7.80. The van der Waals surface area contributed by atoms with Gasteiger partial charge in [0.1, 0.15) is 5.82 Å². The van der Waals surface area contributed by atoms with E-state index in [1.807, 2.05) is 12.1 Å². The summed E-state index contributed by atoms with van der Waals surface area (Å²) in [5.41, 5.74) is 1.26. The standard InChI is InChI=1S/C17H18ClN3O3S/c1-21(15-8-9-25(23,24)11-15)17(22)12-2-7-16(19-10-12)20-14-5-3-13(18)4-6-14/h2-7,10,15H,8-9,11H2,1H3,(H,19,20). The van der Waals surface area contributed by atoms with Gasteiger partial charge in [-0.1, -0.05) is 11.6 Å². The molecule has 1 aliphatic heterocycles. The summed E-state index contributed by atoms with van der Waals surface area (Å²) in [5.74, 6) is 0.536. The summed E-state index contributed by atoms with van der Waals surface area (Å²) in [7, 11) is -1.40. The largest absolute Gasteiger partial charge is 0.340 e. The summed E-state index contributed by atoms with van der Waals surface area (Å²) in [6.07, 6.45) is 1.97. The Kier molecular flexibility index (Phi) is 4.96. The van der Waals surface area contributed by atoms with Gasteiger partial charge < -0.3 is 10.2 Å². The van der Waals surface area contributed by atoms with Crippen LogP contribution >= 0.6 is 11.6 Å². The SMILES string of the molecule is CN(C(=O)c1ccc(Nc2ccc(Cl)cc2)nc1)C1CCS(=O)(=O)C1. The van der Waals surface area contributed by atoms with Gasteiger partial charge in [0.15, 0.2) is 9.84 Å². The fourth-order valence-electron chi connectivity index (χ4n) is 2.73.